The molecule has 4 nitrogen and oxygen atoms in total. The van der Waals surface area contributed by atoms with E-state index in [-0.39, 0.29) is 13.1 Å². The van der Waals surface area contributed by atoms with Crippen LogP contribution in [-0.4, -0.2) is 42.2 Å². The van der Waals surface area contributed by atoms with Crippen molar-refractivity contribution in [2.24, 2.45) is 0 Å². The molecule has 1 aromatic rings. The van der Waals surface area contributed by atoms with Gasteiger partial charge in [-0.15, -0.1) is 0 Å². The monoisotopic (exact) mass is 296 g/mol. The highest BCUT2D eigenvalue weighted by Gasteiger charge is 2.56. The summed E-state index contributed by atoms with van der Waals surface area (Å²) in [6, 6.07) is 9.18. The SMILES string of the molecule is O=C1N(Cc2ccccc2)CC2(CCNCC2)OC1(F)F. The molecule has 2 aliphatic heterocycles. The number of carbonyl (C=O) groups is 1. The molecule has 0 radical (unpaired) electrons. The lowest BCUT2D eigenvalue weighted by molar-refractivity contribution is -0.311. The quantitative estimate of drug-likeness (QED) is 0.904. The standard InChI is InChI=1S/C15H18F2N2O2/c16-15(17)13(20)19(10-12-4-2-1-3-5-12)11-14(21-15)6-8-18-9-7-14/h1-5,18H,6-11H2. The highest BCUT2D eigenvalue weighted by molar-refractivity contribution is 5.83. The van der Waals surface area contributed by atoms with Crippen LogP contribution < -0.4 is 5.32 Å². The van der Waals surface area contributed by atoms with Crippen molar-refractivity contribution in [3.8, 4) is 0 Å². The molecule has 1 spiro atoms. The number of amides is 1. The van der Waals surface area contributed by atoms with Crippen LogP contribution in [0.1, 0.15) is 18.4 Å². The maximum Gasteiger partial charge on any atom is 0.437 e. The first-order valence-corrected chi connectivity index (χ1v) is 7.13. The normalized spacial score (nSPS) is 24.3. The van der Waals surface area contributed by atoms with Crippen molar-refractivity contribution in [2.45, 2.75) is 31.1 Å². The summed E-state index contributed by atoms with van der Waals surface area (Å²) in [6.07, 6.45) is -2.76. The number of hydrogen-bond donors (Lipinski definition) is 1. The molecule has 2 heterocycles. The van der Waals surface area contributed by atoms with E-state index >= 15 is 0 Å². The molecule has 0 aliphatic carbocycles. The number of morpholine rings is 1. The van der Waals surface area contributed by atoms with Crippen LogP contribution in [-0.2, 0) is 16.1 Å². The van der Waals surface area contributed by atoms with Crippen LogP contribution in [0.2, 0.25) is 0 Å². The van der Waals surface area contributed by atoms with Crippen LogP contribution in [0, 0.1) is 0 Å². The summed E-state index contributed by atoms with van der Waals surface area (Å²) in [4.78, 5) is 13.1. The minimum Gasteiger partial charge on any atom is -0.328 e. The second-order valence-electron chi connectivity index (χ2n) is 5.70. The minimum atomic E-state index is -3.73. The maximum absolute atomic E-state index is 13.9. The molecule has 0 aromatic heterocycles. The summed E-state index contributed by atoms with van der Waals surface area (Å²) >= 11 is 0. The number of benzene rings is 1. The van der Waals surface area contributed by atoms with Gasteiger partial charge >= 0.3 is 12.0 Å². The Morgan fingerprint density at radius 2 is 1.86 bits per heavy atom. The molecule has 6 heteroatoms. The van der Waals surface area contributed by atoms with Gasteiger partial charge in [-0.1, -0.05) is 30.3 Å². The summed E-state index contributed by atoms with van der Waals surface area (Å²) in [5.74, 6) is -1.24. The number of hydrogen-bond acceptors (Lipinski definition) is 3. The lowest BCUT2D eigenvalue weighted by Crippen LogP contribution is -2.63. The van der Waals surface area contributed by atoms with Crippen molar-refractivity contribution in [3.63, 3.8) is 0 Å². The smallest absolute Gasteiger partial charge is 0.328 e. The number of piperidine rings is 1. The summed E-state index contributed by atoms with van der Waals surface area (Å²) in [5.41, 5.74) is -0.0927. The molecular weight excluding hydrogens is 278 g/mol. The Labute approximate surface area is 122 Å². The van der Waals surface area contributed by atoms with E-state index in [0.717, 1.165) is 5.56 Å². The van der Waals surface area contributed by atoms with Gasteiger partial charge in [-0.2, -0.15) is 8.78 Å². The van der Waals surface area contributed by atoms with Crippen molar-refractivity contribution in [1.29, 1.82) is 0 Å². The van der Waals surface area contributed by atoms with Gasteiger partial charge in [-0.3, -0.25) is 4.79 Å². The van der Waals surface area contributed by atoms with Crippen molar-refractivity contribution >= 4 is 5.91 Å². The fourth-order valence-corrected chi connectivity index (χ4v) is 3.03. The predicted molar refractivity (Wildman–Crippen MR) is 72.7 cm³/mol. The molecule has 1 N–H and O–H groups in total. The second-order valence-corrected chi connectivity index (χ2v) is 5.70. The van der Waals surface area contributed by atoms with Crippen molar-refractivity contribution in [2.75, 3.05) is 19.6 Å². The van der Waals surface area contributed by atoms with Crippen molar-refractivity contribution in [3.05, 3.63) is 35.9 Å². The predicted octanol–water partition coefficient (Wildman–Crippen LogP) is 1.76. The van der Waals surface area contributed by atoms with Gasteiger partial charge in [0.2, 0.25) is 0 Å². The van der Waals surface area contributed by atoms with Gasteiger partial charge in [0.25, 0.3) is 0 Å². The van der Waals surface area contributed by atoms with E-state index in [2.05, 4.69) is 5.32 Å². The van der Waals surface area contributed by atoms with E-state index < -0.39 is 17.6 Å². The van der Waals surface area contributed by atoms with Gasteiger partial charge in [-0.25, -0.2) is 0 Å². The molecule has 114 valence electrons. The maximum atomic E-state index is 13.9. The highest BCUT2D eigenvalue weighted by Crippen LogP contribution is 2.38. The Hall–Kier alpha value is -1.53. The van der Waals surface area contributed by atoms with E-state index in [1.165, 1.54) is 4.90 Å². The van der Waals surface area contributed by atoms with Gasteiger partial charge in [0.1, 0.15) is 0 Å². The molecule has 1 aromatic carbocycles. The largest absolute Gasteiger partial charge is 0.437 e. The zero-order valence-electron chi connectivity index (χ0n) is 11.6. The third kappa shape index (κ3) is 2.91. The molecule has 21 heavy (non-hydrogen) atoms. The molecule has 2 saturated heterocycles. The number of alkyl halides is 2. The molecule has 0 atom stereocenters. The van der Waals surface area contributed by atoms with Crippen LogP contribution in [0.4, 0.5) is 8.78 Å². The van der Waals surface area contributed by atoms with E-state index in [0.29, 0.717) is 25.9 Å². The molecular formula is C15H18F2N2O2. The zero-order chi connectivity index (χ0) is 14.9. The number of ether oxygens (including phenoxy) is 1. The van der Waals surface area contributed by atoms with Crippen LogP contribution in [0.25, 0.3) is 0 Å². The second kappa shape index (κ2) is 5.35. The first kappa shape index (κ1) is 14.4. The third-order valence-electron chi connectivity index (χ3n) is 4.09. The van der Waals surface area contributed by atoms with Gasteiger partial charge in [0.15, 0.2) is 0 Å². The van der Waals surface area contributed by atoms with Crippen molar-refractivity contribution < 1.29 is 18.3 Å². The minimum absolute atomic E-state index is 0.188. The summed E-state index contributed by atoms with van der Waals surface area (Å²) in [6.45, 7) is 1.67. The number of nitrogens with zero attached hydrogens (tertiary/aromatic N) is 1. The molecule has 0 bridgehead atoms. The van der Waals surface area contributed by atoms with E-state index in [1.807, 2.05) is 30.3 Å². The Morgan fingerprint density at radius 1 is 1.19 bits per heavy atom. The van der Waals surface area contributed by atoms with E-state index in [1.54, 1.807) is 0 Å². The molecule has 2 aliphatic rings. The van der Waals surface area contributed by atoms with Gasteiger partial charge in [0, 0.05) is 6.54 Å². The van der Waals surface area contributed by atoms with Crippen LogP contribution in [0.5, 0.6) is 0 Å². The molecule has 1 amide bonds. The topological polar surface area (TPSA) is 41.6 Å². The average Bonchev–Trinajstić information content (AvgIpc) is 2.46. The van der Waals surface area contributed by atoms with Crippen LogP contribution >= 0.6 is 0 Å². The van der Waals surface area contributed by atoms with Crippen LogP contribution in [0.15, 0.2) is 30.3 Å². The van der Waals surface area contributed by atoms with Gasteiger partial charge < -0.3 is 15.0 Å². The Balaban J connectivity index is 1.82. The third-order valence-corrected chi connectivity index (χ3v) is 4.09. The summed E-state index contributed by atoms with van der Waals surface area (Å²) in [7, 11) is 0. The molecule has 2 fully saturated rings. The fourth-order valence-electron chi connectivity index (χ4n) is 3.03. The Kier molecular flexibility index (Phi) is 3.67. The van der Waals surface area contributed by atoms with Crippen LogP contribution in [0.3, 0.4) is 0 Å². The molecule has 3 rings (SSSR count). The lowest BCUT2D eigenvalue weighted by atomic mass is 9.90. The van der Waals surface area contributed by atoms with Gasteiger partial charge in [0.05, 0.1) is 12.1 Å². The average molecular weight is 296 g/mol. The molecule has 0 unspecified atom stereocenters. The fraction of sp³-hybridized carbons (Fsp3) is 0.533. The summed E-state index contributed by atoms with van der Waals surface area (Å²) < 4.78 is 32.8. The Bertz CT molecular complexity index is 516. The number of rotatable bonds is 2. The van der Waals surface area contributed by atoms with E-state index in [9.17, 15) is 13.6 Å². The zero-order valence-corrected chi connectivity index (χ0v) is 11.6. The Morgan fingerprint density at radius 3 is 2.52 bits per heavy atom. The first-order chi connectivity index (χ1) is 10.0. The van der Waals surface area contributed by atoms with Crippen molar-refractivity contribution in [1.82, 2.24) is 10.2 Å². The highest BCUT2D eigenvalue weighted by atomic mass is 19.3. The number of carbonyl (C=O) groups excluding carboxylic acids is 1. The lowest BCUT2D eigenvalue weighted by Gasteiger charge is -2.47. The number of halogens is 2. The van der Waals surface area contributed by atoms with Gasteiger partial charge in [-0.05, 0) is 31.5 Å². The molecule has 0 saturated carbocycles. The summed E-state index contributed by atoms with van der Waals surface area (Å²) in [5, 5.41) is 3.13. The number of nitrogens with one attached hydrogen (secondary N) is 1. The van der Waals surface area contributed by atoms with E-state index in [4.69, 9.17) is 4.74 Å². The first-order valence-electron chi connectivity index (χ1n) is 7.13.